The Morgan fingerprint density at radius 3 is 1.74 bits per heavy atom. The van der Waals surface area contributed by atoms with Gasteiger partial charge in [-0.25, -0.2) is 9.59 Å². The van der Waals surface area contributed by atoms with Gasteiger partial charge in [0.25, 0.3) is 0 Å². The molecule has 2 heterocycles. The average Bonchev–Trinajstić information content (AvgIpc) is 3.10. The summed E-state index contributed by atoms with van der Waals surface area (Å²) in [5.74, 6) is -0.832. The molecule has 0 spiro atoms. The minimum atomic E-state index is -0.416. The van der Waals surface area contributed by atoms with Crippen LogP contribution in [-0.4, -0.2) is 35.1 Å². The van der Waals surface area contributed by atoms with Gasteiger partial charge in [0, 0.05) is 18.8 Å². The highest BCUT2D eigenvalue weighted by Crippen LogP contribution is 2.00. The smallest absolute Gasteiger partial charge is 0.354 e. The summed E-state index contributed by atoms with van der Waals surface area (Å²) in [6, 6.07) is 6.70. The number of carbonyl (C=O) groups is 2. The van der Waals surface area contributed by atoms with E-state index in [-0.39, 0.29) is 13.2 Å². The second-order valence-corrected chi connectivity index (χ2v) is 3.79. The van der Waals surface area contributed by atoms with Crippen LogP contribution in [0.1, 0.15) is 27.4 Å². The molecule has 0 unspecified atom stereocenters. The van der Waals surface area contributed by atoms with Crippen LogP contribution in [0, 0.1) is 0 Å². The summed E-state index contributed by atoms with van der Waals surface area (Å²) >= 11 is 0. The lowest BCUT2D eigenvalue weighted by Crippen LogP contribution is -2.11. The number of hydrogen-bond donors (Lipinski definition) is 2. The van der Waals surface area contributed by atoms with Gasteiger partial charge in [0.15, 0.2) is 0 Å². The predicted octanol–water partition coefficient (Wildman–Crippen LogP) is 1.75. The lowest BCUT2D eigenvalue weighted by molar-refractivity contribution is 0.0389. The molecule has 0 atom stereocenters. The fourth-order valence-electron chi connectivity index (χ4n) is 1.46. The van der Waals surface area contributed by atoms with E-state index in [1.165, 1.54) is 0 Å². The zero-order valence-electron chi connectivity index (χ0n) is 10.2. The van der Waals surface area contributed by atoms with E-state index in [0.29, 0.717) is 17.8 Å². The molecule has 0 aromatic carbocycles. The van der Waals surface area contributed by atoms with Crippen molar-refractivity contribution in [2.75, 3.05) is 13.2 Å². The first-order chi connectivity index (χ1) is 9.27. The monoisotopic (exact) mass is 262 g/mol. The number of hydrogen-bond acceptors (Lipinski definition) is 4. The molecule has 6 nitrogen and oxygen atoms in total. The number of aromatic nitrogens is 2. The Balaban J connectivity index is 1.60. The number of H-pyrrole nitrogens is 2. The van der Waals surface area contributed by atoms with Crippen molar-refractivity contribution in [2.24, 2.45) is 0 Å². The molecule has 0 amide bonds. The Morgan fingerprint density at radius 1 is 0.895 bits per heavy atom. The van der Waals surface area contributed by atoms with Crippen molar-refractivity contribution >= 4 is 11.9 Å². The van der Waals surface area contributed by atoms with Gasteiger partial charge in [-0.3, -0.25) is 0 Å². The average molecular weight is 262 g/mol. The molecule has 0 aliphatic heterocycles. The summed E-state index contributed by atoms with van der Waals surface area (Å²) < 4.78 is 9.98. The van der Waals surface area contributed by atoms with E-state index < -0.39 is 11.9 Å². The van der Waals surface area contributed by atoms with E-state index in [2.05, 4.69) is 9.97 Å². The van der Waals surface area contributed by atoms with Gasteiger partial charge >= 0.3 is 11.9 Å². The van der Waals surface area contributed by atoms with Crippen molar-refractivity contribution in [2.45, 2.75) is 6.42 Å². The summed E-state index contributed by atoms with van der Waals surface area (Å²) in [5.41, 5.74) is 0.812. The Bertz CT molecular complexity index is 469. The Kier molecular flexibility index (Phi) is 4.39. The van der Waals surface area contributed by atoms with Crippen LogP contribution in [0.15, 0.2) is 36.7 Å². The molecule has 0 saturated carbocycles. The minimum absolute atomic E-state index is 0.204. The molecule has 6 heteroatoms. The third kappa shape index (κ3) is 3.74. The van der Waals surface area contributed by atoms with E-state index in [0.717, 1.165) is 0 Å². The number of rotatable bonds is 6. The Labute approximate surface area is 109 Å². The quantitative estimate of drug-likeness (QED) is 0.613. The minimum Gasteiger partial charge on any atom is -0.461 e. The van der Waals surface area contributed by atoms with Gasteiger partial charge in [0.1, 0.15) is 11.4 Å². The molecule has 0 radical (unpaired) electrons. The number of carbonyl (C=O) groups excluding carboxylic acids is 2. The molecule has 0 aliphatic rings. The normalized spacial score (nSPS) is 10.1. The molecule has 2 N–H and O–H groups in total. The highest BCUT2D eigenvalue weighted by molar-refractivity contribution is 5.87. The van der Waals surface area contributed by atoms with Crippen molar-refractivity contribution < 1.29 is 19.1 Å². The van der Waals surface area contributed by atoms with Crippen LogP contribution < -0.4 is 0 Å². The molecular formula is C13H14N2O4. The summed E-state index contributed by atoms with van der Waals surface area (Å²) in [6.45, 7) is 0.408. The summed E-state index contributed by atoms with van der Waals surface area (Å²) in [4.78, 5) is 28.3. The summed E-state index contributed by atoms with van der Waals surface area (Å²) in [6.07, 6.45) is 3.75. The van der Waals surface area contributed by atoms with Crippen LogP contribution in [-0.2, 0) is 9.47 Å². The highest BCUT2D eigenvalue weighted by Gasteiger charge is 2.08. The number of nitrogens with one attached hydrogen (secondary N) is 2. The van der Waals surface area contributed by atoms with E-state index in [4.69, 9.17) is 9.47 Å². The van der Waals surface area contributed by atoms with Crippen LogP contribution in [0.5, 0.6) is 0 Å². The van der Waals surface area contributed by atoms with E-state index in [9.17, 15) is 9.59 Å². The number of esters is 2. The van der Waals surface area contributed by atoms with Crippen LogP contribution in [0.25, 0.3) is 0 Å². The fraction of sp³-hybridized carbons (Fsp3) is 0.231. The highest BCUT2D eigenvalue weighted by atomic mass is 16.5. The second-order valence-electron chi connectivity index (χ2n) is 3.79. The van der Waals surface area contributed by atoms with Gasteiger partial charge in [-0.15, -0.1) is 0 Å². The van der Waals surface area contributed by atoms with E-state index >= 15 is 0 Å². The lowest BCUT2D eigenvalue weighted by Gasteiger charge is -2.04. The van der Waals surface area contributed by atoms with Gasteiger partial charge in [0.2, 0.25) is 0 Å². The first-order valence-corrected chi connectivity index (χ1v) is 5.88. The Morgan fingerprint density at radius 2 is 1.37 bits per heavy atom. The van der Waals surface area contributed by atoms with Gasteiger partial charge in [-0.1, -0.05) is 0 Å². The molecule has 2 aromatic heterocycles. The van der Waals surface area contributed by atoms with Gasteiger partial charge in [-0.2, -0.15) is 0 Å². The van der Waals surface area contributed by atoms with Gasteiger partial charge in [-0.05, 0) is 24.3 Å². The molecule has 19 heavy (non-hydrogen) atoms. The maximum atomic E-state index is 11.4. The van der Waals surface area contributed by atoms with Crippen molar-refractivity contribution in [3.63, 3.8) is 0 Å². The van der Waals surface area contributed by atoms with Crippen molar-refractivity contribution in [3.05, 3.63) is 48.0 Å². The van der Waals surface area contributed by atoms with Crippen molar-refractivity contribution in [3.8, 4) is 0 Å². The topological polar surface area (TPSA) is 84.2 Å². The first-order valence-electron chi connectivity index (χ1n) is 5.88. The zero-order chi connectivity index (χ0) is 13.5. The molecule has 2 rings (SSSR count). The Hall–Kier alpha value is -2.50. The maximum absolute atomic E-state index is 11.4. The number of ether oxygens (including phenoxy) is 2. The van der Waals surface area contributed by atoms with Crippen LogP contribution in [0.3, 0.4) is 0 Å². The third-order valence-electron chi connectivity index (χ3n) is 2.39. The molecule has 0 aliphatic carbocycles. The molecule has 0 bridgehead atoms. The summed E-state index contributed by atoms with van der Waals surface area (Å²) in [7, 11) is 0. The SMILES string of the molecule is O=C(OCCCOC(=O)c1ccc[nH]1)c1ccc[nH]1. The van der Waals surface area contributed by atoms with Crippen LogP contribution >= 0.6 is 0 Å². The van der Waals surface area contributed by atoms with Crippen molar-refractivity contribution in [1.82, 2.24) is 9.97 Å². The second kappa shape index (κ2) is 6.44. The molecule has 0 fully saturated rings. The molecule has 100 valence electrons. The molecular weight excluding hydrogens is 248 g/mol. The van der Waals surface area contributed by atoms with E-state index in [1.807, 2.05) is 0 Å². The molecule has 2 aromatic rings. The van der Waals surface area contributed by atoms with Gasteiger partial charge in [0.05, 0.1) is 13.2 Å². The standard InChI is InChI=1S/C13H14N2O4/c16-12(10-4-1-6-14-10)18-8-3-9-19-13(17)11-5-2-7-15-11/h1-2,4-7,14-15H,3,8-9H2. The van der Waals surface area contributed by atoms with Crippen LogP contribution in [0.2, 0.25) is 0 Å². The van der Waals surface area contributed by atoms with Crippen LogP contribution in [0.4, 0.5) is 0 Å². The predicted molar refractivity (Wildman–Crippen MR) is 66.8 cm³/mol. The maximum Gasteiger partial charge on any atom is 0.354 e. The number of aromatic amines is 2. The van der Waals surface area contributed by atoms with Crippen molar-refractivity contribution in [1.29, 1.82) is 0 Å². The summed E-state index contributed by atoms with van der Waals surface area (Å²) in [5, 5.41) is 0. The third-order valence-corrected chi connectivity index (χ3v) is 2.39. The first kappa shape index (κ1) is 12.9. The largest absolute Gasteiger partial charge is 0.461 e. The molecule has 0 saturated heterocycles. The van der Waals surface area contributed by atoms with E-state index in [1.54, 1.807) is 36.7 Å². The fourth-order valence-corrected chi connectivity index (χ4v) is 1.46. The lowest BCUT2D eigenvalue weighted by atomic mass is 10.4. The zero-order valence-corrected chi connectivity index (χ0v) is 10.2. The van der Waals surface area contributed by atoms with Gasteiger partial charge < -0.3 is 19.4 Å².